The maximum atomic E-state index is 9.61. The van der Waals surface area contributed by atoms with E-state index >= 15 is 0 Å². The van der Waals surface area contributed by atoms with Gasteiger partial charge in [-0.1, -0.05) is 0 Å². The van der Waals surface area contributed by atoms with Crippen molar-refractivity contribution in [1.29, 1.82) is 0 Å². The van der Waals surface area contributed by atoms with Gasteiger partial charge in [-0.2, -0.15) is 0 Å². The van der Waals surface area contributed by atoms with Crippen LogP contribution in [0.2, 0.25) is 0 Å². The monoisotopic (exact) mass is 240 g/mol. The second kappa shape index (κ2) is 7.21. The Bertz CT molecular complexity index is 345. The molecular weight excluding hydrogens is 220 g/mol. The molecule has 5 nitrogen and oxygen atoms in total. The molecule has 1 rings (SSSR count). The second-order valence-corrected chi connectivity index (χ2v) is 3.96. The summed E-state index contributed by atoms with van der Waals surface area (Å²) in [4.78, 5) is 4.23. The Hall–Kier alpha value is -1.17. The van der Waals surface area contributed by atoms with Crippen molar-refractivity contribution >= 4 is 0 Å². The van der Waals surface area contributed by atoms with Gasteiger partial charge in [0.25, 0.3) is 0 Å². The molecule has 0 aromatic carbocycles. The Morgan fingerprint density at radius 1 is 1.47 bits per heavy atom. The summed E-state index contributed by atoms with van der Waals surface area (Å²) in [5, 5.41) is 21.9. The zero-order valence-corrected chi connectivity index (χ0v) is 10.3. The Labute approximate surface area is 101 Å². The first kappa shape index (κ1) is 13.9. The SMILES string of the molecule is COCCC(CO)NCc1nc(C)ccc1O. The lowest BCUT2D eigenvalue weighted by atomic mass is 10.2. The fourth-order valence-electron chi connectivity index (χ4n) is 1.49. The van der Waals surface area contributed by atoms with Crippen molar-refractivity contribution in [3.63, 3.8) is 0 Å². The summed E-state index contributed by atoms with van der Waals surface area (Å²) in [5.74, 6) is 0.173. The van der Waals surface area contributed by atoms with Gasteiger partial charge in [-0.25, -0.2) is 0 Å². The van der Waals surface area contributed by atoms with Crippen molar-refractivity contribution in [2.24, 2.45) is 0 Å². The van der Waals surface area contributed by atoms with Gasteiger partial charge < -0.3 is 20.3 Å². The van der Waals surface area contributed by atoms with E-state index in [1.165, 1.54) is 0 Å². The minimum absolute atomic E-state index is 0.0376. The minimum atomic E-state index is -0.0448. The predicted octanol–water partition coefficient (Wildman–Crippen LogP) is 0.583. The predicted molar refractivity (Wildman–Crippen MR) is 64.8 cm³/mol. The molecule has 5 heteroatoms. The van der Waals surface area contributed by atoms with Crippen molar-refractivity contribution in [2.45, 2.75) is 25.9 Å². The number of aliphatic hydroxyl groups is 1. The molecule has 1 aromatic heterocycles. The smallest absolute Gasteiger partial charge is 0.138 e. The van der Waals surface area contributed by atoms with Crippen molar-refractivity contribution in [2.75, 3.05) is 20.3 Å². The third kappa shape index (κ3) is 4.68. The number of rotatable bonds is 7. The standard InChI is InChI=1S/C12H20N2O3/c1-9-3-4-12(16)11(14-9)7-13-10(8-15)5-6-17-2/h3-4,10,13,15-16H,5-8H2,1-2H3. The van der Waals surface area contributed by atoms with Gasteiger partial charge in [0, 0.05) is 32.0 Å². The van der Waals surface area contributed by atoms with Crippen molar-refractivity contribution in [1.82, 2.24) is 10.3 Å². The first-order chi connectivity index (χ1) is 8.17. The van der Waals surface area contributed by atoms with E-state index in [9.17, 15) is 5.11 Å². The molecule has 17 heavy (non-hydrogen) atoms. The van der Waals surface area contributed by atoms with Crippen LogP contribution in [0.5, 0.6) is 5.75 Å². The van der Waals surface area contributed by atoms with Gasteiger partial charge in [0.15, 0.2) is 0 Å². The fraction of sp³-hybridized carbons (Fsp3) is 0.583. The zero-order chi connectivity index (χ0) is 12.7. The molecular formula is C12H20N2O3. The number of ether oxygens (including phenoxy) is 1. The van der Waals surface area contributed by atoms with Crippen LogP contribution < -0.4 is 5.32 Å². The van der Waals surface area contributed by atoms with Gasteiger partial charge in [-0.3, -0.25) is 4.98 Å². The summed E-state index contributed by atoms with van der Waals surface area (Å²) in [6.07, 6.45) is 0.722. The molecule has 1 atom stereocenters. The largest absolute Gasteiger partial charge is 0.506 e. The summed E-state index contributed by atoms with van der Waals surface area (Å²) in [5.41, 5.74) is 1.46. The highest BCUT2D eigenvalue weighted by atomic mass is 16.5. The van der Waals surface area contributed by atoms with Crippen LogP contribution in [0.1, 0.15) is 17.8 Å². The first-order valence-electron chi connectivity index (χ1n) is 5.66. The lowest BCUT2D eigenvalue weighted by Gasteiger charge is -2.16. The molecule has 0 radical (unpaired) electrons. The lowest BCUT2D eigenvalue weighted by Crippen LogP contribution is -2.33. The summed E-state index contributed by atoms with van der Waals surface area (Å²) in [6.45, 7) is 2.93. The highest BCUT2D eigenvalue weighted by Gasteiger charge is 2.09. The maximum Gasteiger partial charge on any atom is 0.138 e. The Morgan fingerprint density at radius 2 is 2.24 bits per heavy atom. The number of nitrogens with zero attached hydrogens (tertiary/aromatic N) is 1. The van der Waals surface area contributed by atoms with E-state index in [2.05, 4.69) is 10.3 Å². The van der Waals surface area contributed by atoms with Crippen LogP contribution in [0.15, 0.2) is 12.1 Å². The van der Waals surface area contributed by atoms with Crippen molar-refractivity contribution < 1.29 is 14.9 Å². The molecule has 0 aliphatic rings. The van der Waals surface area contributed by atoms with Crippen LogP contribution in [0.3, 0.4) is 0 Å². The van der Waals surface area contributed by atoms with Crippen LogP contribution in [0, 0.1) is 6.92 Å². The number of aryl methyl sites for hydroxylation is 1. The number of pyridine rings is 1. The maximum absolute atomic E-state index is 9.61. The topological polar surface area (TPSA) is 74.6 Å². The molecule has 1 aromatic rings. The van der Waals surface area contributed by atoms with Crippen LogP contribution in [-0.4, -0.2) is 41.6 Å². The average Bonchev–Trinajstić information content (AvgIpc) is 2.33. The number of hydrogen-bond donors (Lipinski definition) is 3. The summed E-state index contributed by atoms with van der Waals surface area (Å²) in [6, 6.07) is 3.34. The van der Waals surface area contributed by atoms with E-state index in [0.717, 1.165) is 12.1 Å². The van der Waals surface area contributed by atoms with E-state index in [0.29, 0.717) is 18.8 Å². The van der Waals surface area contributed by atoms with Gasteiger partial charge in [0.2, 0.25) is 0 Å². The molecule has 0 saturated carbocycles. The second-order valence-electron chi connectivity index (χ2n) is 3.96. The third-order valence-electron chi connectivity index (χ3n) is 2.54. The molecule has 0 aliphatic heterocycles. The molecule has 0 aliphatic carbocycles. The van der Waals surface area contributed by atoms with E-state index in [4.69, 9.17) is 9.84 Å². The van der Waals surface area contributed by atoms with Crippen LogP contribution >= 0.6 is 0 Å². The first-order valence-corrected chi connectivity index (χ1v) is 5.66. The van der Waals surface area contributed by atoms with Gasteiger partial charge in [0.05, 0.1) is 12.3 Å². The Morgan fingerprint density at radius 3 is 2.88 bits per heavy atom. The molecule has 0 fully saturated rings. The minimum Gasteiger partial charge on any atom is -0.506 e. The van der Waals surface area contributed by atoms with E-state index < -0.39 is 0 Å². The lowest BCUT2D eigenvalue weighted by molar-refractivity contribution is 0.159. The number of hydrogen-bond acceptors (Lipinski definition) is 5. The normalized spacial score (nSPS) is 12.6. The van der Waals surface area contributed by atoms with Crippen LogP contribution in [0.4, 0.5) is 0 Å². The van der Waals surface area contributed by atoms with Gasteiger partial charge in [0.1, 0.15) is 5.75 Å². The molecule has 0 saturated heterocycles. The summed E-state index contributed by atoms with van der Waals surface area (Å²) >= 11 is 0. The molecule has 0 amide bonds. The number of methoxy groups -OCH3 is 1. The number of aliphatic hydroxyl groups excluding tert-OH is 1. The molecule has 96 valence electrons. The van der Waals surface area contributed by atoms with Gasteiger partial charge >= 0.3 is 0 Å². The Kier molecular flexibility index (Phi) is 5.90. The highest BCUT2D eigenvalue weighted by Crippen LogP contribution is 2.14. The molecule has 3 N–H and O–H groups in total. The van der Waals surface area contributed by atoms with Gasteiger partial charge in [-0.05, 0) is 25.5 Å². The zero-order valence-electron chi connectivity index (χ0n) is 10.3. The summed E-state index contributed by atoms with van der Waals surface area (Å²) in [7, 11) is 1.63. The van der Waals surface area contributed by atoms with Crippen LogP contribution in [-0.2, 0) is 11.3 Å². The fourth-order valence-corrected chi connectivity index (χ4v) is 1.49. The van der Waals surface area contributed by atoms with E-state index in [1.807, 2.05) is 6.92 Å². The van der Waals surface area contributed by atoms with Gasteiger partial charge in [-0.15, -0.1) is 0 Å². The molecule has 0 spiro atoms. The van der Waals surface area contributed by atoms with Crippen LogP contribution in [0.25, 0.3) is 0 Å². The highest BCUT2D eigenvalue weighted by molar-refractivity contribution is 5.27. The molecule has 1 unspecified atom stereocenters. The molecule has 0 bridgehead atoms. The Balaban J connectivity index is 2.50. The quantitative estimate of drug-likeness (QED) is 0.650. The molecule has 1 heterocycles. The van der Waals surface area contributed by atoms with Crippen molar-refractivity contribution in [3.05, 3.63) is 23.5 Å². The average molecular weight is 240 g/mol. The number of aromatic nitrogens is 1. The number of aromatic hydroxyl groups is 1. The third-order valence-corrected chi connectivity index (χ3v) is 2.54. The number of nitrogens with one attached hydrogen (secondary N) is 1. The van der Waals surface area contributed by atoms with E-state index in [-0.39, 0.29) is 18.4 Å². The van der Waals surface area contributed by atoms with E-state index in [1.54, 1.807) is 19.2 Å². The summed E-state index contributed by atoms with van der Waals surface area (Å²) < 4.78 is 4.95. The van der Waals surface area contributed by atoms with Crippen molar-refractivity contribution in [3.8, 4) is 5.75 Å².